The summed E-state index contributed by atoms with van der Waals surface area (Å²) >= 11 is 10.1. The minimum Gasteiger partial charge on any atom is -0.298 e. The van der Waals surface area contributed by atoms with Gasteiger partial charge in [-0.05, 0) is 22.0 Å². The fourth-order valence-corrected chi connectivity index (χ4v) is 2.37. The molecule has 0 saturated heterocycles. The molecule has 0 radical (unpaired) electrons. The van der Waals surface area contributed by atoms with Crippen molar-refractivity contribution in [3.05, 3.63) is 19.8 Å². The summed E-state index contributed by atoms with van der Waals surface area (Å²) in [6, 6.07) is 1.63. The summed E-state index contributed by atoms with van der Waals surface area (Å²) in [5.41, 5.74) is 0.616. The lowest BCUT2D eigenvalue weighted by molar-refractivity contribution is 0.112. The minimum atomic E-state index is 0.616. The van der Waals surface area contributed by atoms with E-state index in [1.165, 1.54) is 11.3 Å². The molecule has 0 aromatic carbocycles. The molecule has 1 heterocycles. The second kappa shape index (κ2) is 2.82. The molecular formula is C5H2BrClOS. The third kappa shape index (κ3) is 1.53. The topological polar surface area (TPSA) is 17.1 Å². The summed E-state index contributed by atoms with van der Waals surface area (Å²) in [5, 5.41) is 0. The Labute approximate surface area is 69.8 Å². The summed E-state index contributed by atoms with van der Waals surface area (Å²) in [7, 11) is 0. The molecule has 48 valence electrons. The highest BCUT2D eigenvalue weighted by molar-refractivity contribution is 9.11. The monoisotopic (exact) mass is 224 g/mol. The molecule has 1 nitrogen and oxygen atoms in total. The van der Waals surface area contributed by atoms with Crippen LogP contribution in [0.1, 0.15) is 10.4 Å². The van der Waals surface area contributed by atoms with Crippen molar-refractivity contribution in [1.29, 1.82) is 0 Å². The summed E-state index contributed by atoms with van der Waals surface area (Å²) in [6.07, 6.45) is 0.770. The van der Waals surface area contributed by atoms with Crippen molar-refractivity contribution in [3.8, 4) is 0 Å². The van der Waals surface area contributed by atoms with Gasteiger partial charge in [-0.15, -0.1) is 11.3 Å². The van der Waals surface area contributed by atoms with Gasteiger partial charge in [0.1, 0.15) is 0 Å². The van der Waals surface area contributed by atoms with Crippen LogP contribution in [0, 0.1) is 0 Å². The Balaban J connectivity index is 3.15. The molecule has 0 amide bonds. The van der Waals surface area contributed by atoms with Gasteiger partial charge in [0.15, 0.2) is 6.29 Å². The standard InChI is InChI=1S/C5H2BrClOS/c6-5-3(2-8)1-4(7)9-5/h1-2H. The van der Waals surface area contributed by atoms with E-state index >= 15 is 0 Å². The van der Waals surface area contributed by atoms with Crippen molar-refractivity contribution in [1.82, 2.24) is 0 Å². The van der Waals surface area contributed by atoms with E-state index in [0.29, 0.717) is 9.90 Å². The fourth-order valence-electron chi connectivity index (χ4n) is 0.433. The highest BCUT2D eigenvalue weighted by atomic mass is 79.9. The maximum absolute atomic E-state index is 10.2. The van der Waals surface area contributed by atoms with Gasteiger partial charge in [0.2, 0.25) is 0 Å². The van der Waals surface area contributed by atoms with Gasteiger partial charge in [0.05, 0.1) is 8.12 Å². The minimum absolute atomic E-state index is 0.616. The van der Waals surface area contributed by atoms with E-state index in [1.54, 1.807) is 6.07 Å². The quantitative estimate of drug-likeness (QED) is 0.672. The lowest BCUT2D eigenvalue weighted by Crippen LogP contribution is -1.69. The maximum atomic E-state index is 10.2. The molecule has 0 atom stereocenters. The van der Waals surface area contributed by atoms with Crippen molar-refractivity contribution in [3.63, 3.8) is 0 Å². The van der Waals surface area contributed by atoms with Crippen molar-refractivity contribution < 1.29 is 4.79 Å². The molecule has 1 rings (SSSR count). The van der Waals surface area contributed by atoms with E-state index in [9.17, 15) is 4.79 Å². The van der Waals surface area contributed by atoms with Crippen LogP contribution in [0.3, 0.4) is 0 Å². The predicted molar refractivity (Wildman–Crippen MR) is 42.4 cm³/mol. The number of hydrogen-bond acceptors (Lipinski definition) is 2. The Morgan fingerprint density at radius 2 is 2.44 bits per heavy atom. The van der Waals surface area contributed by atoms with Crippen LogP contribution in [0.15, 0.2) is 9.85 Å². The smallest absolute Gasteiger partial charge is 0.152 e. The van der Waals surface area contributed by atoms with E-state index in [2.05, 4.69) is 15.9 Å². The fraction of sp³-hybridized carbons (Fsp3) is 0. The van der Waals surface area contributed by atoms with E-state index in [1.807, 2.05) is 0 Å². The van der Waals surface area contributed by atoms with Crippen LogP contribution in [0.2, 0.25) is 4.34 Å². The van der Waals surface area contributed by atoms with Gasteiger partial charge in [-0.1, -0.05) is 11.6 Å². The maximum Gasteiger partial charge on any atom is 0.152 e. The second-order valence-electron chi connectivity index (χ2n) is 1.40. The lowest BCUT2D eigenvalue weighted by atomic mass is 10.4. The first kappa shape index (κ1) is 7.25. The molecule has 0 N–H and O–H groups in total. The van der Waals surface area contributed by atoms with Gasteiger partial charge in [-0.25, -0.2) is 0 Å². The Morgan fingerprint density at radius 3 is 2.67 bits per heavy atom. The van der Waals surface area contributed by atoms with Crippen LogP contribution in [-0.2, 0) is 0 Å². The van der Waals surface area contributed by atoms with E-state index in [4.69, 9.17) is 11.6 Å². The van der Waals surface area contributed by atoms with Crippen molar-refractivity contribution in [2.24, 2.45) is 0 Å². The van der Waals surface area contributed by atoms with Crippen molar-refractivity contribution in [2.75, 3.05) is 0 Å². The number of rotatable bonds is 1. The first-order chi connectivity index (χ1) is 4.24. The molecule has 9 heavy (non-hydrogen) atoms. The van der Waals surface area contributed by atoms with E-state index in [0.717, 1.165) is 10.1 Å². The van der Waals surface area contributed by atoms with Gasteiger partial charge < -0.3 is 0 Å². The predicted octanol–water partition coefficient (Wildman–Crippen LogP) is 2.98. The third-order valence-corrected chi connectivity index (χ3v) is 2.82. The number of halogens is 2. The second-order valence-corrected chi connectivity index (χ2v) is 4.40. The molecule has 0 fully saturated rings. The first-order valence-electron chi connectivity index (χ1n) is 2.14. The van der Waals surface area contributed by atoms with Gasteiger partial charge in [-0.3, -0.25) is 4.79 Å². The molecule has 0 spiro atoms. The molecule has 1 aromatic heterocycles. The van der Waals surface area contributed by atoms with Gasteiger partial charge in [-0.2, -0.15) is 0 Å². The molecule has 4 heteroatoms. The lowest BCUT2D eigenvalue weighted by Gasteiger charge is -1.76. The molecule has 0 aliphatic carbocycles. The van der Waals surface area contributed by atoms with Crippen molar-refractivity contribution >= 4 is 45.2 Å². The SMILES string of the molecule is O=Cc1cc(Cl)sc1Br. The zero-order chi connectivity index (χ0) is 6.85. The molecule has 0 unspecified atom stereocenters. The van der Waals surface area contributed by atoms with Gasteiger partial charge in [0.25, 0.3) is 0 Å². The summed E-state index contributed by atoms with van der Waals surface area (Å²) < 4.78 is 1.42. The Bertz CT molecular complexity index is 233. The zero-order valence-electron chi connectivity index (χ0n) is 4.23. The highest BCUT2D eigenvalue weighted by Crippen LogP contribution is 2.29. The van der Waals surface area contributed by atoms with Gasteiger partial charge >= 0.3 is 0 Å². The van der Waals surface area contributed by atoms with Crippen LogP contribution in [0.4, 0.5) is 0 Å². The highest BCUT2D eigenvalue weighted by Gasteiger charge is 2.01. The Hall–Kier alpha value is 0.140. The Kier molecular flexibility index (Phi) is 2.27. The largest absolute Gasteiger partial charge is 0.298 e. The summed E-state index contributed by atoms with van der Waals surface area (Å²) in [4.78, 5) is 10.2. The summed E-state index contributed by atoms with van der Waals surface area (Å²) in [5.74, 6) is 0. The molecule has 0 saturated carbocycles. The van der Waals surface area contributed by atoms with Crippen LogP contribution < -0.4 is 0 Å². The van der Waals surface area contributed by atoms with Gasteiger partial charge in [0, 0.05) is 5.56 Å². The molecule has 0 bridgehead atoms. The number of hydrogen-bond donors (Lipinski definition) is 0. The van der Waals surface area contributed by atoms with E-state index < -0.39 is 0 Å². The summed E-state index contributed by atoms with van der Waals surface area (Å²) in [6.45, 7) is 0. The van der Waals surface area contributed by atoms with Crippen LogP contribution >= 0.6 is 38.9 Å². The number of thiophene rings is 1. The first-order valence-corrected chi connectivity index (χ1v) is 4.13. The zero-order valence-corrected chi connectivity index (χ0v) is 7.39. The molecule has 0 aliphatic heterocycles. The van der Waals surface area contributed by atoms with E-state index in [-0.39, 0.29) is 0 Å². The average Bonchev–Trinajstić information content (AvgIpc) is 2.10. The number of aldehydes is 1. The molecular weight excluding hydrogens is 223 g/mol. The number of carbonyl (C=O) groups excluding carboxylic acids is 1. The van der Waals surface area contributed by atoms with Crippen LogP contribution in [-0.4, -0.2) is 6.29 Å². The molecule has 1 aromatic rings. The number of carbonyl (C=O) groups is 1. The molecule has 0 aliphatic rings. The average molecular weight is 225 g/mol. The Morgan fingerprint density at radius 1 is 1.78 bits per heavy atom. The van der Waals surface area contributed by atoms with Crippen LogP contribution in [0.25, 0.3) is 0 Å². The van der Waals surface area contributed by atoms with Crippen molar-refractivity contribution in [2.45, 2.75) is 0 Å². The normalized spacial score (nSPS) is 9.56. The third-order valence-electron chi connectivity index (χ3n) is 0.810. The van der Waals surface area contributed by atoms with Crippen LogP contribution in [0.5, 0.6) is 0 Å².